The normalized spacial score (nSPS) is 17.2. The fraction of sp³-hybridized carbons (Fsp3) is 0.500. The van der Waals surface area contributed by atoms with E-state index in [4.69, 9.17) is 44.6 Å². The Labute approximate surface area is 629 Å². The smallest absolute Gasteiger partial charge is 0.305 e. The number of aromatic nitrogens is 6. The van der Waals surface area contributed by atoms with Gasteiger partial charge in [0.05, 0.1) is 73.7 Å². The van der Waals surface area contributed by atoms with Crippen LogP contribution in [0.4, 0.5) is 32.5 Å². The molecule has 14 rings (SSSR count). The number of hydrogen-bond acceptors (Lipinski definition) is 26. The minimum atomic E-state index is -0.310. The molecule has 11 heterocycles. The van der Waals surface area contributed by atoms with E-state index in [0.29, 0.717) is 25.9 Å². The Balaban J connectivity index is 0.000000148. The van der Waals surface area contributed by atoms with E-state index in [1.807, 2.05) is 79.4 Å². The van der Waals surface area contributed by atoms with Crippen molar-refractivity contribution in [3.63, 3.8) is 0 Å². The van der Waals surface area contributed by atoms with Crippen LogP contribution in [-0.4, -0.2) is 222 Å². The minimum absolute atomic E-state index is 0.00732. The maximum atomic E-state index is 12.3. The molecule has 0 radical (unpaired) electrons. The number of rotatable bonds is 23. The Hall–Kier alpha value is -8.57. The lowest BCUT2D eigenvalue weighted by Crippen LogP contribution is -2.43. The molecule has 5 aliphatic heterocycles. The summed E-state index contributed by atoms with van der Waals surface area (Å²) >= 11 is 5.07. The van der Waals surface area contributed by atoms with Crippen LogP contribution in [0.5, 0.6) is 17.2 Å². The molecule has 27 heteroatoms. The summed E-state index contributed by atoms with van der Waals surface area (Å²) in [6.07, 6.45) is 14.1. The number of fused-ring (bicyclic) bond motifs is 3. The van der Waals surface area contributed by atoms with E-state index in [2.05, 4.69) is 102 Å². The average Bonchev–Trinajstić information content (AvgIpc) is 1.42. The molecule has 5 saturated heterocycles. The molecule has 105 heavy (non-hydrogen) atoms. The summed E-state index contributed by atoms with van der Waals surface area (Å²) in [5.41, 5.74) is 15.9. The molecule has 560 valence electrons. The standard InChI is InChI=1S/C29H39N5O3S.C26H34N6O2S.C23H30N6O2S/c1-22-19-23-9-6-11-30-26(23)27(28(22)37-18-7-10-25(35)36-2)33-15-8-12-32(16-17-33)20-24-21-38-29(31-24)34-13-4-3-5-14-34;1-19(33)17-22(21-18-35-26(29-21)32-13-9-27-10-14-32)30-11-4-12-31(16-15-30)25-23(34-2)7-6-20-5-3-8-28-24(20)25;1-27(2)23-26-17(15-32-23)18(14-20(24)30)28-10-5-11-29(13-12-28)22-19(31-3)8-7-16-6-4-9-25-21(16)22/h6,9,11,19,21H,3-5,7-8,10,12-18,20H2,1-2H3;3,5-8,18,22,27H,4,9-17H2,1-2H3;4,6-9,15,18H,5,10-14H2,1-3H3,(H2,24,30). The lowest BCUT2D eigenvalue weighted by Gasteiger charge is -2.30. The van der Waals surface area contributed by atoms with E-state index in [1.165, 1.54) is 37.2 Å². The van der Waals surface area contributed by atoms with Crippen molar-refractivity contribution in [2.45, 2.75) is 96.7 Å². The number of methoxy groups -OCH3 is 3. The maximum absolute atomic E-state index is 12.3. The van der Waals surface area contributed by atoms with Gasteiger partial charge in [-0.15, -0.1) is 34.0 Å². The predicted octanol–water partition coefficient (Wildman–Crippen LogP) is 11.3. The second-order valence-corrected chi connectivity index (χ2v) is 30.3. The van der Waals surface area contributed by atoms with Gasteiger partial charge in [-0.3, -0.25) is 44.0 Å². The van der Waals surface area contributed by atoms with Crippen LogP contribution in [0.2, 0.25) is 0 Å². The number of thiazole rings is 3. The summed E-state index contributed by atoms with van der Waals surface area (Å²) < 4.78 is 22.6. The monoisotopic (exact) mass is 1490 g/mol. The van der Waals surface area contributed by atoms with Gasteiger partial charge in [-0.1, -0.05) is 18.2 Å². The number of nitrogens with two attached hydrogens (primary N) is 1. The first-order chi connectivity index (χ1) is 51.2. The van der Waals surface area contributed by atoms with Gasteiger partial charge in [0.25, 0.3) is 0 Å². The number of carbonyl (C=O) groups is 3. The number of aryl methyl sites for hydroxylation is 1. The quantitative estimate of drug-likeness (QED) is 0.0447. The summed E-state index contributed by atoms with van der Waals surface area (Å²) in [6, 6.07) is 22.4. The molecule has 2 atom stereocenters. The molecule has 6 aromatic heterocycles. The number of anilines is 6. The number of nitrogens with zero attached hydrogens (tertiary/aromatic N) is 15. The van der Waals surface area contributed by atoms with Crippen molar-refractivity contribution in [3.05, 3.63) is 124 Å². The van der Waals surface area contributed by atoms with Gasteiger partial charge in [0.1, 0.15) is 40.1 Å². The highest BCUT2D eigenvalue weighted by molar-refractivity contribution is 7.14. The number of esters is 1. The van der Waals surface area contributed by atoms with E-state index >= 15 is 0 Å². The minimum Gasteiger partial charge on any atom is -0.494 e. The third-order valence-corrected chi connectivity index (χ3v) is 23.1. The van der Waals surface area contributed by atoms with Gasteiger partial charge in [-0.25, -0.2) is 15.0 Å². The summed E-state index contributed by atoms with van der Waals surface area (Å²) in [6.45, 7) is 22.0. The van der Waals surface area contributed by atoms with Crippen molar-refractivity contribution >= 4 is 117 Å². The third-order valence-electron chi connectivity index (χ3n) is 20.2. The number of piperazine rings is 1. The fourth-order valence-electron chi connectivity index (χ4n) is 15.0. The Morgan fingerprint density at radius 1 is 0.562 bits per heavy atom. The predicted molar refractivity (Wildman–Crippen MR) is 425 cm³/mol. The van der Waals surface area contributed by atoms with Gasteiger partial charge in [0.15, 0.2) is 15.4 Å². The summed E-state index contributed by atoms with van der Waals surface area (Å²) in [5.74, 6) is 2.24. The molecule has 3 aromatic carbocycles. The van der Waals surface area contributed by atoms with Crippen molar-refractivity contribution in [2.24, 2.45) is 5.73 Å². The number of hydrogen-bond donors (Lipinski definition) is 2. The van der Waals surface area contributed by atoms with E-state index in [9.17, 15) is 14.4 Å². The summed E-state index contributed by atoms with van der Waals surface area (Å²) in [7, 11) is 8.79. The number of amides is 1. The topological polar surface area (TPSA) is 233 Å². The molecule has 3 N–H and O–H groups in total. The second-order valence-electron chi connectivity index (χ2n) is 27.7. The number of primary amides is 1. The molecular formula is C78H103N17O7S3. The molecule has 0 aliphatic carbocycles. The third kappa shape index (κ3) is 19.4. The molecule has 0 spiro atoms. The maximum Gasteiger partial charge on any atom is 0.305 e. The second kappa shape index (κ2) is 37.1. The van der Waals surface area contributed by atoms with Gasteiger partial charge >= 0.3 is 5.97 Å². The van der Waals surface area contributed by atoms with Crippen LogP contribution >= 0.6 is 34.0 Å². The van der Waals surface area contributed by atoms with Gasteiger partial charge in [0.2, 0.25) is 5.91 Å². The zero-order valence-corrected chi connectivity index (χ0v) is 64.5. The van der Waals surface area contributed by atoms with Crippen LogP contribution in [0.25, 0.3) is 32.7 Å². The highest BCUT2D eigenvalue weighted by Crippen LogP contribution is 2.42. The van der Waals surface area contributed by atoms with Crippen LogP contribution in [0, 0.1) is 6.92 Å². The van der Waals surface area contributed by atoms with Crippen molar-refractivity contribution in [3.8, 4) is 17.2 Å². The highest BCUT2D eigenvalue weighted by Gasteiger charge is 2.32. The van der Waals surface area contributed by atoms with E-state index in [1.54, 1.807) is 55.2 Å². The Bertz CT molecular complexity index is 4330. The molecule has 5 aliphatic rings. The van der Waals surface area contributed by atoms with Gasteiger partial charge in [-0.05, 0) is 113 Å². The number of Topliss-reactive ketones (excluding diaryl/α,β-unsaturated/α-hetero) is 1. The number of piperidine rings is 1. The molecule has 24 nitrogen and oxygen atoms in total. The number of ketones is 1. The van der Waals surface area contributed by atoms with Crippen LogP contribution in [0.3, 0.4) is 0 Å². The van der Waals surface area contributed by atoms with Crippen LogP contribution in [0.15, 0.2) is 101 Å². The van der Waals surface area contributed by atoms with Crippen molar-refractivity contribution in [1.29, 1.82) is 0 Å². The molecule has 2 unspecified atom stereocenters. The number of benzene rings is 3. The number of ether oxygens (including phenoxy) is 4. The van der Waals surface area contributed by atoms with Crippen molar-refractivity contribution in [2.75, 3.05) is 189 Å². The largest absolute Gasteiger partial charge is 0.494 e. The average molecular weight is 1490 g/mol. The lowest BCUT2D eigenvalue weighted by atomic mass is 10.1. The number of nitrogens with one attached hydrogen (secondary N) is 1. The molecule has 9 aromatic rings. The van der Waals surface area contributed by atoms with Gasteiger partial charge < -0.3 is 59.4 Å². The Morgan fingerprint density at radius 2 is 1.10 bits per heavy atom. The Kier molecular flexibility index (Phi) is 26.9. The van der Waals surface area contributed by atoms with Crippen LogP contribution < -0.4 is 54.7 Å². The zero-order chi connectivity index (χ0) is 73.2. The highest BCUT2D eigenvalue weighted by atomic mass is 32.1. The zero-order valence-electron chi connectivity index (χ0n) is 62.1. The van der Waals surface area contributed by atoms with E-state index in [-0.39, 0.29) is 36.2 Å². The molecule has 5 fully saturated rings. The first-order valence-electron chi connectivity index (χ1n) is 37.1. The molecule has 0 bridgehead atoms. The summed E-state index contributed by atoms with van der Waals surface area (Å²) in [5, 5.41) is 16.3. The van der Waals surface area contributed by atoms with Crippen LogP contribution in [-0.2, 0) is 25.7 Å². The van der Waals surface area contributed by atoms with E-state index in [0.717, 1.165) is 238 Å². The molecule has 1 amide bonds. The van der Waals surface area contributed by atoms with Crippen molar-refractivity contribution in [1.82, 2.24) is 49.9 Å². The van der Waals surface area contributed by atoms with Crippen LogP contribution in [0.1, 0.15) is 106 Å². The first-order valence-corrected chi connectivity index (χ1v) is 39.8. The molecule has 0 saturated carbocycles. The molecular weight excluding hydrogens is 1380 g/mol. The number of pyridine rings is 3. The van der Waals surface area contributed by atoms with Gasteiger partial charge in [-0.2, -0.15) is 0 Å². The van der Waals surface area contributed by atoms with Crippen molar-refractivity contribution < 1.29 is 33.3 Å². The first kappa shape index (κ1) is 76.1. The number of carbonyl (C=O) groups excluding carboxylic acids is 3. The fourth-order valence-corrected chi connectivity index (χ4v) is 17.6. The summed E-state index contributed by atoms with van der Waals surface area (Å²) in [4.78, 5) is 85.9. The SMILES string of the molecule is COC(=O)CCCOc1c(C)cc2cccnc2c1N1CCCN(Cc2csc(N3CCCCC3)n2)CC1.COc1ccc2cccnc2c1N1CCCN(C(CC(C)=O)c2csc(N3CCNCC3)n2)CC1.COc1ccc2cccnc2c1N1CCCN(C(CC(N)=O)c2csc(N(C)C)n2)CC1. The lowest BCUT2D eigenvalue weighted by molar-refractivity contribution is -0.140. The van der Waals surface area contributed by atoms with E-state index < -0.39 is 0 Å². The Morgan fingerprint density at radius 3 is 1.69 bits per heavy atom. The van der Waals surface area contributed by atoms with Gasteiger partial charge in [0, 0.05) is 209 Å².